The van der Waals surface area contributed by atoms with E-state index in [1.807, 2.05) is 6.08 Å². The summed E-state index contributed by atoms with van der Waals surface area (Å²) in [5.41, 5.74) is 1.34. The van der Waals surface area contributed by atoms with Gasteiger partial charge in [-0.3, -0.25) is 9.59 Å². The van der Waals surface area contributed by atoms with E-state index in [-0.39, 0.29) is 18.4 Å². The highest BCUT2D eigenvalue weighted by Gasteiger charge is 2.33. The minimum absolute atomic E-state index is 0.112. The number of hydrogen-bond donors (Lipinski definition) is 1. The normalized spacial score (nSPS) is 20.2. The molecule has 0 spiro atoms. The number of rotatable bonds is 2. The molecule has 3 rings (SSSR count). The lowest BCUT2D eigenvalue weighted by molar-refractivity contribution is -0.139. The first-order chi connectivity index (χ1) is 11.1. The van der Waals surface area contributed by atoms with Crippen molar-refractivity contribution in [2.75, 3.05) is 20.2 Å². The summed E-state index contributed by atoms with van der Waals surface area (Å²) < 4.78 is 5.65. The molecule has 2 amide bonds. The molecule has 5 nitrogen and oxygen atoms in total. The van der Waals surface area contributed by atoms with Crippen LogP contribution in [0.2, 0.25) is 5.02 Å². The van der Waals surface area contributed by atoms with Gasteiger partial charge in [-0.2, -0.15) is 0 Å². The second-order valence-corrected chi connectivity index (χ2v) is 6.20. The molecule has 0 aromatic heterocycles. The summed E-state index contributed by atoms with van der Waals surface area (Å²) in [6, 6.07) is 4.93. The topological polar surface area (TPSA) is 58.6 Å². The highest BCUT2D eigenvalue weighted by Crippen LogP contribution is 2.30. The number of carbonyl (C=O) groups is 2. The number of likely N-dealkylation sites (tertiary alicyclic amines) is 1. The maximum Gasteiger partial charge on any atom is 0.253 e. The number of piperidine rings is 1. The number of nitrogens with one attached hydrogen (secondary N) is 1. The van der Waals surface area contributed by atoms with Crippen molar-refractivity contribution in [3.63, 3.8) is 0 Å². The number of nitrogens with zero attached hydrogens (tertiary/aromatic N) is 1. The third-order valence-electron chi connectivity index (χ3n) is 4.27. The lowest BCUT2D eigenvalue weighted by atomic mass is 9.99. The largest absolute Gasteiger partial charge is 0.488 e. The molecule has 1 fully saturated rings. The molecule has 1 atom stereocenters. The number of fused-ring (bicyclic) bond motifs is 1. The van der Waals surface area contributed by atoms with Crippen LogP contribution in [-0.2, 0) is 9.59 Å². The zero-order valence-corrected chi connectivity index (χ0v) is 13.7. The fourth-order valence-electron chi connectivity index (χ4n) is 3.07. The number of amides is 2. The molecule has 0 radical (unpaired) electrons. The SMILES string of the molecule is CNC(=O)[C@@H]1CCCCN1C(=O)C1=Cc2cc(Cl)ccc2OC1. The molecule has 1 aromatic carbocycles. The van der Waals surface area contributed by atoms with Gasteiger partial charge in [0.15, 0.2) is 0 Å². The molecule has 1 saturated heterocycles. The van der Waals surface area contributed by atoms with E-state index in [1.165, 1.54) is 0 Å². The maximum atomic E-state index is 12.8. The predicted octanol–water partition coefficient (Wildman–Crippen LogP) is 2.24. The summed E-state index contributed by atoms with van der Waals surface area (Å²) in [6.07, 6.45) is 4.37. The van der Waals surface area contributed by atoms with Gasteiger partial charge in [0.05, 0.1) is 5.57 Å². The Morgan fingerprint density at radius 3 is 2.96 bits per heavy atom. The molecular weight excluding hydrogens is 316 g/mol. The van der Waals surface area contributed by atoms with Crippen LogP contribution in [0.1, 0.15) is 24.8 Å². The van der Waals surface area contributed by atoms with Crippen molar-refractivity contribution in [3.8, 4) is 5.75 Å². The van der Waals surface area contributed by atoms with Gasteiger partial charge in [-0.05, 0) is 43.5 Å². The average molecular weight is 335 g/mol. The van der Waals surface area contributed by atoms with Crippen molar-refractivity contribution < 1.29 is 14.3 Å². The van der Waals surface area contributed by atoms with Crippen LogP contribution in [0.15, 0.2) is 23.8 Å². The molecule has 1 N–H and O–H groups in total. The summed E-state index contributed by atoms with van der Waals surface area (Å²) in [7, 11) is 1.60. The third kappa shape index (κ3) is 3.20. The fourth-order valence-corrected chi connectivity index (χ4v) is 3.25. The Morgan fingerprint density at radius 1 is 1.35 bits per heavy atom. The van der Waals surface area contributed by atoms with Gasteiger partial charge in [0, 0.05) is 24.2 Å². The van der Waals surface area contributed by atoms with E-state index in [9.17, 15) is 9.59 Å². The Hall–Kier alpha value is -2.01. The minimum atomic E-state index is -0.400. The molecule has 0 unspecified atom stereocenters. The summed E-state index contributed by atoms with van der Waals surface area (Å²) in [5.74, 6) is 0.468. The van der Waals surface area contributed by atoms with Crippen molar-refractivity contribution in [1.82, 2.24) is 10.2 Å². The van der Waals surface area contributed by atoms with E-state index in [0.29, 0.717) is 29.3 Å². The lowest BCUT2D eigenvalue weighted by Gasteiger charge is -2.35. The summed E-state index contributed by atoms with van der Waals surface area (Å²) in [4.78, 5) is 26.5. The molecular formula is C17H19ClN2O3. The van der Waals surface area contributed by atoms with Crippen LogP contribution in [0.4, 0.5) is 0 Å². The van der Waals surface area contributed by atoms with Crippen LogP contribution < -0.4 is 10.1 Å². The lowest BCUT2D eigenvalue weighted by Crippen LogP contribution is -2.52. The molecule has 23 heavy (non-hydrogen) atoms. The quantitative estimate of drug-likeness (QED) is 0.902. The number of carbonyl (C=O) groups excluding carboxylic acids is 2. The maximum absolute atomic E-state index is 12.8. The first kappa shape index (κ1) is 15.9. The molecule has 122 valence electrons. The fraction of sp³-hybridized carbons (Fsp3) is 0.412. The van der Waals surface area contributed by atoms with E-state index >= 15 is 0 Å². The standard InChI is InChI=1S/C17H19ClN2O3/c1-19-16(21)14-4-2-3-7-20(14)17(22)12-8-11-9-13(18)5-6-15(11)23-10-12/h5-6,8-9,14H,2-4,7,10H2,1H3,(H,19,21)/t14-/m0/s1. The Kier molecular flexibility index (Phi) is 4.57. The van der Waals surface area contributed by atoms with Crippen molar-refractivity contribution in [2.24, 2.45) is 0 Å². The van der Waals surface area contributed by atoms with E-state index in [1.54, 1.807) is 30.1 Å². The van der Waals surface area contributed by atoms with Crippen molar-refractivity contribution in [2.45, 2.75) is 25.3 Å². The van der Waals surface area contributed by atoms with Gasteiger partial charge in [0.1, 0.15) is 18.4 Å². The molecule has 1 aromatic rings. The van der Waals surface area contributed by atoms with Gasteiger partial charge in [0.2, 0.25) is 5.91 Å². The van der Waals surface area contributed by atoms with Crippen molar-refractivity contribution in [3.05, 3.63) is 34.4 Å². The van der Waals surface area contributed by atoms with Crippen LogP contribution in [-0.4, -0.2) is 43.0 Å². The molecule has 2 aliphatic heterocycles. The first-order valence-corrected chi connectivity index (χ1v) is 8.13. The Morgan fingerprint density at radius 2 is 2.17 bits per heavy atom. The summed E-state index contributed by atoms with van der Waals surface area (Å²) >= 11 is 6.00. The van der Waals surface area contributed by atoms with Gasteiger partial charge >= 0.3 is 0 Å². The number of hydrogen-bond acceptors (Lipinski definition) is 3. The Balaban J connectivity index is 1.86. The van der Waals surface area contributed by atoms with Gasteiger partial charge < -0.3 is 15.0 Å². The van der Waals surface area contributed by atoms with Crippen LogP contribution in [0.3, 0.4) is 0 Å². The second kappa shape index (κ2) is 6.62. The van der Waals surface area contributed by atoms with Crippen molar-refractivity contribution >= 4 is 29.5 Å². The molecule has 2 aliphatic rings. The smallest absolute Gasteiger partial charge is 0.253 e. The monoisotopic (exact) mass is 334 g/mol. The van der Waals surface area contributed by atoms with E-state index in [0.717, 1.165) is 18.4 Å². The Bertz CT molecular complexity index is 672. The minimum Gasteiger partial charge on any atom is -0.488 e. The van der Waals surface area contributed by atoms with Gasteiger partial charge in [-0.15, -0.1) is 0 Å². The van der Waals surface area contributed by atoms with E-state index in [2.05, 4.69) is 5.32 Å². The number of halogens is 1. The Labute approximate surface area is 140 Å². The van der Waals surface area contributed by atoms with Gasteiger partial charge in [-0.25, -0.2) is 0 Å². The highest BCUT2D eigenvalue weighted by atomic mass is 35.5. The predicted molar refractivity (Wildman–Crippen MR) is 88.3 cm³/mol. The second-order valence-electron chi connectivity index (χ2n) is 5.76. The first-order valence-electron chi connectivity index (χ1n) is 7.75. The highest BCUT2D eigenvalue weighted by molar-refractivity contribution is 6.30. The van der Waals surface area contributed by atoms with Crippen LogP contribution >= 0.6 is 11.6 Å². The van der Waals surface area contributed by atoms with Gasteiger partial charge in [0.25, 0.3) is 5.91 Å². The zero-order valence-electron chi connectivity index (χ0n) is 13.0. The molecule has 0 bridgehead atoms. The molecule has 2 heterocycles. The van der Waals surface area contributed by atoms with Crippen LogP contribution in [0.5, 0.6) is 5.75 Å². The number of benzene rings is 1. The number of likely N-dealkylation sites (N-methyl/N-ethyl adjacent to an activating group) is 1. The molecule has 6 heteroatoms. The zero-order chi connectivity index (χ0) is 16.4. The van der Waals surface area contributed by atoms with Crippen LogP contribution in [0.25, 0.3) is 6.08 Å². The molecule has 0 saturated carbocycles. The summed E-state index contributed by atoms with van der Waals surface area (Å²) in [5, 5.41) is 3.24. The molecule has 0 aliphatic carbocycles. The van der Waals surface area contributed by atoms with Crippen molar-refractivity contribution in [1.29, 1.82) is 0 Å². The van der Waals surface area contributed by atoms with Gasteiger partial charge in [-0.1, -0.05) is 11.6 Å². The number of ether oxygens (including phenoxy) is 1. The summed E-state index contributed by atoms with van der Waals surface area (Å²) in [6.45, 7) is 0.807. The average Bonchev–Trinajstić information content (AvgIpc) is 2.59. The van der Waals surface area contributed by atoms with Crippen LogP contribution in [0, 0.1) is 0 Å². The van der Waals surface area contributed by atoms with E-state index < -0.39 is 6.04 Å². The third-order valence-corrected chi connectivity index (χ3v) is 4.51. The van der Waals surface area contributed by atoms with E-state index in [4.69, 9.17) is 16.3 Å².